The molecule has 1 aromatic rings. The van der Waals surface area contributed by atoms with E-state index >= 15 is 0 Å². The second-order valence-corrected chi connectivity index (χ2v) is 4.19. The third-order valence-electron chi connectivity index (χ3n) is 2.86. The van der Waals surface area contributed by atoms with Crippen molar-refractivity contribution in [1.82, 2.24) is 0 Å². The zero-order chi connectivity index (χ0) is 14.5. The van der Waals surface area contributed by atoms with Crippen molar-refractivity contribution in [3.8, 4) is 5.75 Å². The largest absolute Gasteiger partial charge is 0.479 e. The van der Waals surface area contributed by atoms with Crippen LogP contribution in [0.1, 0.15) is 0 Å². The molecule has 108 valence electrons. The van der Waals surface area contributed by atoms with E-state index in [1.165, 1.54) is 12.1 Å². The van der Waals surface area contributed by atoms with E-state index in [0.29, 0.717) is 32.0 Å². The van der Waals surface area contributed by atoms with Gasteiger partial charge < -0.3 is 19.5 Å². The summed E-state index contributed by atoms with van der Waals surface area (Å²) in [6.07, 6.45) is 0. The molecule has 1 aliphatic rings. The fourth-order valence-corrected chi connectivity index (χ4v) is 1.94. The van der Waals surface area contributed by atoms with Crippen LogP contribution >= 0.6 is 0 Å². The van der Waals surface area contributed by atoms with Gasteiger partial charge in [0.25, 0.3) is 5.69 Å². The van der Waals surface area contributed by atoms with Gasteiger partial charge in [-0.25, -0.2) is 4.79 Å². The first-order valence-electron chi connectivity index (χ1n) is 6.03. The number of anilines is 1. The Labute approximate surface area is 114 Å². The van der Waals surface area contributed by atoms with Gasteiger partial charge in [0.05, 0.1) is 29.9 Å². The number of benzene rings is 1. The van der Waals surface area contributed by atoms with E-state index in [1.807, 2.05) is 4.90 Å². The molecule has 8 nitrogen and oxygen atoms in total. The molecule has 0 unspecified atom stereocenters. The number of nitrogens with zero attached hydrogens (tertiary/aromatic N) is 2. The fourth-order valence-electron chi connectivity index (χ4n) is 1.94. The van der Waals surface area contributed by atoms with Gasteiger partial charge in [0.1, 0.15) is 5.75 Å². The van der Waals surface area contributed by atoms with Gasteiger partial charge in [0.15, 0.2) is 6.61 Å². The summed E-state index contributed by atoms with van der Waals surface area (Å²) in [5.74, 6) is -0.937. The summed E-state index contributed by atoms with van der Waals surface area (Å²) in [7, 11) is 0. The highest BCUT2D eigenvalue weighted by Crippen LogP contribution is 2.32. The number of non-ortho nitro benzene ring substituents is 1. The molecule has 1 fully saturated rings. The van der Waals surface area contributed by atoms with Crippen LogP contribution in [0.25, 0.3) is 0 Å². The first-order valence-corrected chi connectivity index (χ1v) is 6.03. The van der Waals surface area contributed by atoms with Gasteiger partial charge in [0.2, 0.25) is 0 Å². The SMILES string of the molecule is O=C(O)COc1cc([N+](=O)[O-])ccc1N1CCOCC1. The number of ether oxygens (including phenoxy) is 2. The lowest BCUT2D eigenvalue weighted by Gasteiger charge is -2.30. The smallest absolute Gasteiger partial charge is 0.341 e. The molecular formula is C12H14N2O6. The zero-order valence-corrected chi connectivity index (χ0v) is 10.7. The Morgan fingerprint density at radius 1 is 1.45 bits per heavy atom. The van der Waals surface area contributed by atoms with Crippen LogP contribution in [0.4, 0.5) is 11.4 Å². The lowest BCUT2D eigenvalue weighted by atomic mass is 10.2. The number of carboxylic acid groups (broad SMARTS) is 1. The summed E-state index contributed by atoms with van der Waals surface area (Å²) >= 11 is 0. The van der Waals surface area contributed by atoms with Crippen molar-refractivity contribution >= 4 is 17.3 Å². The molecule has 0 radical (unpaired) electrons. The Morgan fingerprint density at radius 2 is 2.15 bits per heavy atom. The quantitative estimate of drug-likeness (QED) is 0.632. The number of nitro benzene ring substituents is 1. The minimum absolute atomic E-state index is 0.137. The number of carboxylic acids is 1. The van der Waals surface area contributed by atoms with E-state index in [4.69, 9.17) is 14.6 Å². The van der Waals surface area contributed by atoms with Gasteiger partial charge in [-0.3, -0.25) is 10.1 Å². The molecule has 1 heterocycles. The molecule has 1 N–H and O–H groups in total. The molecule has 1 aromatic carbocycles. The van der Waals surface area contributed by atoms with E-state index in [9.17, 15) is 14.9 Å². The van der Waals surface area contributed by atoms with Gasteiger partial charge in [-0.05, 0) is 6.07 Å². The normalized spacial score (nSPS) is 14.9. The van der Waals surface area contributed by atoms with Crippen molar-refractivity contribution in [2.45, 2.75) is 0 Å². The topological polar surface area (TPSA) is 102 Å². The summed E-state index contributed by atoms with van der Waals surface area (Å²) in [4.78, 5) is 22.8. The van der Waals surface area contributed by atoms with Crippen molar-refractivity contribution < 1.29 is 24.3 Å². The fraction of sp³-hybridized carbons (Fsp3) is 0.417. The Hall–Kier alpha value is -2.35. The summed E-state index contributed by atoms with van der Waals surface area (Å²) in [6, 6.07) is 4.19. The Morgan fingerprint density at radius 3 is 2.75 bits per heavy atom. The maximum absolute atomic E-state index is 10.8. The number of hydrogen-bond donors (Lipinski definition) is 1. The van der Waals surface area contributed by atoms with Gasteiger partial charge in [-0.2, -0.15) is 0 Å². The maximum Gasteiger partial charge on any atom is 0.341 e. The van der Waals surface area contributed by atoms with E-state index in [2.05, 4.69) is 0 Å². The number of carbonyl (C=O) groups is 1. The van der Waals surface area contributed by atoms with Crippen LogP contribution in [0.3, 0.4) is 0 Å². The number of rotatable bonds is 5. The van der Waals surface area contributed by atoms with Gasteiger partial charge >= 0.3 is 5.97 Å². The Balaban J connectivity index is 2.27. The number of hydrogen-bond acceptors (Lipinski definition) is 6. The Bertz CT molecular complexity index is 513. The van der Waals surface area contributed by atoms with Crippen LogP contribution in [-0.2, 0) is 9.53 Å². The predicted molar refractivity (Wildman–Crippen MR) is 69.3 cm³/mol. The molecule has 0 saturated carbocycles. The molecule has 0 atom stereocenters. The highest BCUT2D eigenvalue weighted by molar-refractivity contribution is 5.70. The predicted octanol–water partition coefficient (Wildman–Crippen LogP) is 0.895. The minimum atomic E-state index is -1.13. The Kier molecular flexibility index (Phi) is 4.36. The molecule has 2 rings (SSSR count). The van der Waals surface area contributed by atoms with Crippen LogP contribution in [-0.4, -0.2) is 48.9 Å². The molecule has 1 saturated heterocycles. The van der Waals surface area contributed by atoms with Crippen LogP contribution in [0.2, 0.25) is 0 Å². The average Bonchev–Trinajstić information content (AvgIpc) is 2.45. The summed E-state index contributed by atoms with van der Waals surface area (Å²) in [5.41, 5.74) is 0.502. The van der Waals surface area contributed by atoms with Crippen LogP contribution in [0, 0.1) is 10.1 Å². The molecule has 8 heteroatoms. The van der Waals surface area contributed by atoms with Gasteiger partial charge in [0, 0.05) is 19.2 Å². The number of nitro groups is 1. The van der Waals surface area contributed by atoms with E-state index < -0.39 is 17.5 Å². The van der Waals surface area contributed by atoms with Crippen molar-refractivity contribution in [2.75, 3.05) is 37.8 Å². The number of aliphatic carboxylic acids is 1. The second-order valence-electron chi connectivity index (χ2n) is 4.19. The first kappa shape index (κ1) is 14.1. The van der Waals surface area contributed by atoms with E-state index in [-0.39, 0.29) is 11.4 Å². The molecule has 0 bridgehead atoms. The van der Waals surface area contributed by atoms with Crippen LogP contribution < -0.4 is 9.64 Å². The van der Waals surface area contributed by atoms with Gasteiger partial charge in [-0.1, -0.05) is 0 Å². The minimum Gasteiger partial charge on any atom is -0.479 e. The van der Waals surface area contributed by atoms with Crippen molar-refractivity contribution in [3.05, 3.63) is 28.3 Å². The third-order valence-corrected chi connectivity index (χ3v) is 2.86. The molecule has 0 aromatic heterocycles. The number of morpholine rings is 1. The molecule has 0 amide bonds. The monoisotopic (exact) mass is 282 g/mol. The average molecular weight is 282 g/mol. The second kappa shape index (κ2) is 6.20. The molecule has 1 aliphatic heterocycles. The lowest BCUT2D eigenvalue weighted by molar-refractivity contribution is -0.384. The van der Waals surface area contributed by atoms with Crippen LogP contribution in [0.15, 0.2) is 18.2 Å². The molecular weight excluding hydrogens is 268 g/mol. The summed E-state index contributed by atoms with van der Waals surface area (Å²) in [5, 5.41) is 19.4. The van der Waals surface area contributed by atoms with Crippen LogP contribution in [0.5, 0.6) is 5.75 Å². The highest BCUT2D eigenvalue weighted by Gasteiger charge is 2.19. The lowest BCUT2D eigenvalue weighted by Crippen LogP contribution is -2.36. The molecule has 0 aliphatic carbocycles. The highest BCUT2D eigenvalue weighted by atomic mass is 16.6. The van der Waals surface area contributed by atoms with Crippen molar-refractivity contribution in [3.63, 3.8) is 0 Å². The standard InChI is InChI=1S/C12H14N2O6/c15-12(16)8-20-11-7-9(14(17)18)1-2-10(11)13-3-5-19-6-4-13/h1-2,7H,3-6,8H2,(H,15,16). The first-order chi connectivity index (χ1) is 9.58. The maximum atomic E-state index is 10.8. The summed E-state index contributed by atoms with van der Waals surface area (Å²) in [6.45, 7) is 1.81. The van der Waals surface area contributed by atoms with Crippen molar-refractivity contribution in [2.24, 2.45) is 0 Å². The zero-order valence-electron chi connectivity index (χ0n) is 10.7. The van der Waals surface area contributed by atoms with Crippen molar-refractivity contribution in [1.29, 1.82) is 0 Å². The molecule has 20 heavy (non-hydrogen) atoms. The molecule has 0 spiro atoms. The van der Waals surface area contributed by atoms with E-state index in [0.717, 1.165) is 0 Å². The third kappa shape index (κ3) is 3.35. The van der Waals surface area contributed by atoms with E-state index in [1.54, 1.807) is 6.07 Å². The summed E-state index contributed by atoms with van der Waals surface area (Å²) < 4.78 is 10.4. The van der Waals surface area contributed by atoms with Gasteiger partial charge in [-0.15, -0.1) is 0 Å².